The monoisotopic (exact) mass is 192 g/mol. The van der Waals surface area contributed by atoms with E-state index in [0.717, 1.165) is 23.5 Å². The van der Waals surface area contributed by atoms with E-state index in [-0.39, 0.29) is 0 Å². The van der Waals surface area contributed by atoms with E-state index >= 15 is 0 Å². The van der Waals surface area contributed by atoms with Crippen LogP contribution >= 0.6 is 0 Å². The van der Waals surface area contributed by atoms with Crippen LogP contribution in [0.15, 0.2) is 18.2 Å². The zero-order valence-electron chi connectivity index (χ0n) is 9.30. The Balaban J connectivity index is 2.55. The van der Waals surface area contributed by atoms with Crippen molar-refractivity contribution < 1.29 is 0 Å². The molecule has 0 aliphatic carbocycles. The van der Waals surface area contributed by atoms with Crippen LogP contribution in [0.3, 0.4) is 0 Å². The lowest BCUT2D eigenvalue weighted by molar-refractivity contribution is 0.593. The van der Waals surface area contributed by atoms with Gasteiger partial charge in [-0.3, -0.25) is 0 Å². The fraction of sp³-hybridized carbons (Fsp3) is 0.500. The van der Waals surface area contributed by atoms with Crippen LogP contribution in [0.2, 0.25) is 0 Å². The minimum atomic E-state index is 0.706. The van der Waals surface area contributed by atoms with E-state index in [4.69, 9.17) is 5.73 Å². The first-order chi connectivity index (χ1) is 6.63. The third-order valence-electron chi connectivity index (χ3n) is 2.63. The van der Waals surface area contributed by atoms with Crippen molar-refractivity contribution >= 4 is 11.4 Å². The molecule has 1 atom stereocenters. The van der Waals surface area contributed by atoms with Crippen molar-refractivity contribution in [1.29, 1.82) is 0 Å². The fourth-order valence-corrected chi connectivity index (χ4v) is 1.19. The number of aryl methyl sites for hydroxylation is 1. The van der Waals surface area contributed by atoms with Crippen LogP contribution in [0.1, 0.15) is 25.8 Å². The van der Waals surface area contributed by atoms with Gasteiger partial charge in [-0.15, -0.1) is 0 Å². The maximum absolute atomic E-state index is 5.82. The van der Waals surface area contributed by atoms with Gasteiger partial charge in [-0.25, -0.2) is 0 Å². The van der Waals surface area contributed by atoms with Gasteiger partial charge >= 0.3 is 0 Å². The standard InChI is InChI=1S/C12H20N2/c1-4-9(2)8-14-11-6-5-10(3)12(13)7-11/h5-7,9,14H,4,8,13H2,1-3H3. The van der Waals surface area contributed by atoms with E-state index in [1.807, 2.05) is 19.1 Å². The van der Waals surface area contributed by atoms with E-state index in [2.05, 4.69) is 25.2 Å². The number of nitrogens with one attached hydrogen (secondary N) is 1. The Morgan fingerprint density at radius 3 is 2.71 bits per heavy atom. The second kappa shape index (κ2) is 4.89. The molecule has 0 aromatic heterocycles. The van der Waals surface area contributed by atoms with Crippen LogP contribution in [-0.2, 0) is 0 Å². The molecular weight excluding hydrogens is 172 g/mol. The molecule has 3 N–H and O–H groups in total. The summed E-state index contributed by atoms with van der Waals surface area (Å²) in [5.74, 6) is 0.706. The molecular formula is C12H20N2. The average molecular weight is 192 g/mol. The second-order valence-corrected chi connectivity index (χ2v) is 3.97. The lowest BCUT2D eigenvalue weighted by Crippen LogP contribution is -2.10. The molecule has 0 saturated heterocycles. The van der Waals surface area contributed by atoms with E-state index in [0.29, 0.717) is 5.92 Å². The maximum Gasteiger partial charge on any atom is 0.0364 e. The number of rotatable bonds is 4. The maximum atomic E-state index is 5.82. The lowest BCUT2D eigenvalue weighted by Gasteiger charge is -2.12. The summed E-state index contributed by atoms with van der Waals surface area (Å²) in [5, 5.41) is 3.38. The predicted molar refractivity (Wildman–Crippen MR) is 63.5 cm³/mol. The van der Waals surface area contributed by atoms with Crippen molar-refractivity contribution in [1.82, 2.24) is 0 Å². The van der Waals surface area contributed by atoms with Crippen LogP contribution in [0.25, 0.3) is 0 Å². The molecule has 0 amide bonds. The minimum Gasteiger partial charge on any atom is -0.398 e. The molecule has 1 aromatic rings. The van der Waals surface area contributed by atoms with E-state index in [1.54, 1.807) is 0 Å². The van der Waals surface area contributed by atoms with Gasteiger partial charge in [0.05, 0.1) is 0 Å². The molecule has 0 radical (unpaired) electrons. The van der Waals surface area contributed by atoms with Gasteiger partial charge in [0.1, 0.15) is 0 Å². The van der Waals surface area contributed by atoms with Crippen molar-refractivity contribution in [3.63, 3.8) is 0 Å². The molecule has 0 bridgehead atoms. The van der Waals surface area contributed by atoms with Crippen molar-refractivity contribution in [3.8, 4) is 0 Å². The number of nitrogen functional groups attached to an aromatic ring is 1. The average Bonchev–Trinajstić information content (AvgIpc) is 2.19. The zero-order valence-corrected chi connectivity index (χ0v) is 9.30. The fourth-order valence-electron chi connectivity index (χ4n) is 1.19. The highest BCUT2D eigenvalue weighted by molar-refractivity contribution is 5.58. The third kappa shape index (κ3) is 2.95. The van der Waals surface area contributed by atoms with Gasteiger partial charge in [-0.2, -0.15) is 0 Å². The topological polar surface area (TPSA) is 38.0 Å². The van der Waals surface area contributed by atoms with Gasteiger partial charge in [0.15, 0.2) is 0 Å². The first-order valence-corrected chi connectivity index (χ1v) is 5.23. The first kappa shape index (κ1) is 10.9. The van der Waals surface area contributed by atoms with Crippen LogP contribution in [0.5, 0.6) is 0 Å². The summed E-state index contributed by atoms with van der Waals surface area (Å²) in [6.45, 7) is 7.48. The highest BCUT2D eigenvalue weighted by atomic mass is 14.9. The van der Waals surface area contributed by atoms with Crippen LogP contribution in [0.4, 0.5) is 11.4 Å². The third-order valence-corrected chi connectivity index (χ3v) is 2.63. The Bertz CT molecular complexity index is 294. The molecule has 0 saturated carbocycles. The Labute approximate surface area is 86.5 Å². The van der Waals surface area contributed by atoms with Gasteiger partial charge in [0, 0.05) is 17.9 Å². The number of hydrogen-bond acceptors (Lipinski definition) is 2. The summed E-state index contributed by atoms with van der Waals surface area (Å²) in [6.07, 6.45) is 1.20. The summed E-state index contributed by atoms with van der Waals surface area (Å²) in [5.41, 5.74) is 8.94. The lowest BCUT2D eigenvalue weighted by atomic mass is 10.1. The number of hydrogen-bond donors (Lipinski definition) is 2. The SMILES string of the molecule is CCC(C)CNc1ccc(C)c(N)c1. The van der Waals surface area contributed by atoms with Crippen LogP contribution in [0, 0.1) is 12.8 Å². The van der Waals surface area contributed by atoms with Crippen molar-refractivity contribution in [2.45, 2.75) is 27.2 Å². The van der Waals surface area contributed by atoms with Crippen molar-refractivity contribution in [3.05, 3.63) is 23.8 Å². The number of nitrogens with two attached hydrogens (primary N) is 1. The molecule has 1 unspecified atom stereocenters. The zero-order chi connectivity index (χ0) is 10.6. The summed E-state index contributed by atoms with van der Waals surface area (Å²) in [4.78, 5) is 0. The molecule has 0 heterocycles. The quantitative estimate of drug-likeness (QED) is 0.720. The second-order valence-electron chi connectivity index (χ2n) is 3.97. The van der Waals surface area contributed by atoms with E-state index in [1.165, 1.54) is 6.42 Å². The van der Waals surface area contributed by atoms with Gasteiger partial charge in [0.2, 0.25) is 0 Å². The number of anilines is 2. The smallest absolute Gasteiger partial charge is 0.0364 e. The molecule has 2 heteroatoms. The predicted octanol–water partition coefficient (Wildman–Crippen LogP) is 3.04. The highest BCUT2D eigenvalue weighted by Gasteiger charge is 1.99. The summed E-state index contributed by atoms with van der Waals surface area (Å²) < 4.78 is 0. The Kier molecular flexibility index (Phi) is 3.81. The van der Waals surface area contributed by atoms with Crippen LogP contribution < -0.4 is 11.1 Å². The normalized spacial score (nSPS) is 12.5. The molecule has 2 nitrogen and oxygen atoms in total. The van der Waals surface area contributed by atoms with E-state index < -0.39 is 0 Å². The summed E-state index contributed by atoms with van der Waals surface area (Å²) in [6, 6.07) is 6.13. The Hall–Kier alpha value is -1.18. The molecule has 0 spiro atoms. The molecule has 0 aliphatic heterocycles. The molecule has 0 fully saturated rings. The molecule has 78 valence electrons. The molecule has 1 rings (SSSR count). The first-order valence-electron chi connectivity index (χ1n) is 5.23. The molecule has 14 heavy (non-hydrogen) atoms. The van der Waals surface area contributed by atoms with Gasteiger partial charge in [-0.1, -0.05) is 26.3 Å². The largest absolute Gasteiger partial charge is 0.398 e. The number of benzene rings is 1. The summed E-state index contributed by atoms with van der Waals surface area (Å²) in [7, 11) is 0. The summed E-state index contributed by atoms with van der Waals surface area (Å²) >= 11 is 0. The van der Waals surface area contributed by atoms with Gasteiger partial charge in [0.25, 0.3) is 0 Å². The van der Waals surface area contributed by atoms with Gasteiger partial charge < -0.3 is 11.1 Å². The Morgan fingerprint density at radius 2 is 2.14 bits per heavy atom. The highest BCUT2D eigenvalue weighted by Crippen LogP contribution is 2.17. The minimum absolute atomic E-state index is 0.706. The van der Waals surface area contributed by atoms with Crippen LogP contribution in [-0.4, -0.2) is 6.54 Å². The molecule has 1 aromatic carbocycles. The van der Waals surface area contributed by atoms with Gasteiger partial charge in [-0.05, 0) is 30.5 Å². The Morgan fingerprint density at radius 1 is 1.43 bits per heavy atom. The van der Waals surface area contributed by atoms with Crippen molar-refractivity contribution in [2.24, 2.45) is 5.92 Å². The van der Waals surface area contributed by atoms with Crippen molar-refractivity contribution in [2.75, 3.05) is 17.6 Å². The molecule has 0 aliphatic rings. The van der Waals surface area contributed by atoms with E-state index in [9.17, 15) is 0 Å².